The van der Waals surface area contributed by atoms with Crippen LogP contribution in [0.1, 0.15) is 39.5 Å². The summed E-state index contributed by atoms with van der Waals surface area (Å²) in [5.41, 5.74) is 5.35. The Bertz CT molecular complexity index is 340. The van der Waals surface area contributed by atoms with Gasteiger partial charge in [-0.05, 0) is 25.7 Å². The Morgan fingerprint density at radius 1 is 1.29 bits per heavy atom. The molecule has 1 heterocycles. The molecule has 0 saturated carbocycles. The molecule has 0 aromatic heterocycles. The first-order chi connectivity index (χ1) is 10.0. The Hall–Kier alpha value is -1.14. The van der Waals surface area contributed by atoms with Gasteiger partial charge >= 0.3 is 0 Å². The van der Waals surface area contributed by atoms with E-state index in [1.165, 1.54) is 7.11 Å². The number of carbonyl (C=O) groups excluding carboxylic acids is 2. The van der Waals surface area contributed by atoms with Gasteiger partial charge in [-0.2, -0.15) is 0 Å². The highest BCUT2D eigenvalue weighted by molar-refractivity contribution is 5.83. The second kappa shape index (κ2) is 8.34. The number of nitrogens with one attached hydrogen (secondary N) is 1. The maximum Gasteiger partial charge on any atom is 0.248 e. The Kier molecular flexibility index (Phi) is 7.11. The number of carbonyl (C=O) groups is 2. The SMILES string of the molecule is CCC(CC)(CN)C(=O)NC1CCN(C(=O)COC)CC1. The number of nitrogens with two attached hydrogens (primary N) is 1. The number of hydrogen-bond acceptors (Lipinski definition) is 4. The number of ether oxygens (including phenoxy) is 1. The van der Waals surface area contributed by atoms with Gasteiger partial charge in [-0.3, -0.25) is 9.59 Å². The van der Waals surface area contributed by atoms with Gasteiger partial charge in [0.1, 0.15) is 6.61 Å². The van der Waals surface area contributed by atoms with Gasteiger partial charge in [0.25, 0.3) is 0 Å². The highest BCUT2D eigenvalue weighted by Gasteiger charge is 2.35. The molecule has 1 aliphatic rings. The van der Waals surface area contributed by atoms with Crippen LogP contribution in [0.4, 0.5) is 0 Å². The molecule has 6 nitrogen and oxygen atoms in total. The zero-order valence-electron chi connectivity index (χ0n) is 13.5. The molecule has 0 atom stereocenters. The maximum atomic E-state index is 12.5. The lowest BCUT2D eigenvalue weighted by molar-refractivity contribution is -0.136. The molecule has 0 spiro atoms. The fourth-order valence-electron chi connectivity index (χ4n) is 2.78. The molecule has 6 heteroatoms. The van der Waals surface area contributed by atoms with E-state index in [9.17, 15) is 9.59 Å². The molecular weight excluding hydrogens is 270 g/mol. The van der Waals surface area contributed by atoms with E-state index < -0.39 is 5.41 Å². The number of nitrogens with zero attached hydrogens (tertiary/aromatic N) is 1. The van der Waals surface area contributed by atoms with Crippen molar-refractivity contribution in [3.05, 3.63) is 0 Å². The molecule has 122 valence electrons. The van der Waals surface area contributed by atoms with Crippen LogP contribution in [0, 0.1) is 5.41 Å². The van der Waals surface area contributed by atoms with E-state index >= 15 is 0 Å². The van der Waals surface area contributed by atoms with Gasteiger partial charge in [0.15, 0.2) is 0 Å². The number of likely N-dealkylation sites (tertiary alicyclic amines) is 1. The van der Waals surface area contributed by atoms with Crippen molar-refractivity contribution < 1.29 is 14.3 Å². The smallest absolute Gasteiger partial charge is 0.248 e. The standard InChI is InChI=1S/C15H29N3O3/c1-4-15(5-2,11-16)14(20)17-12-6-8-18(9-7-12)13(19)10-21-3/h12H,4-11,16H2,1-3H3,(H,17,20). The predicted molar refractivity (Wildman–Crippen MR) is 81.7 cm³/mol. The molecule has 0 aromatic rings. The van der Waals surface area contributed by atoms with E-state index in [0.717, 1.165) is 25.7 Å². The normalized spacial score (nSPS) is 16.9. The van der Waals surface area contributed by atoms with Crippen LogP contribution in [0.3, 0.4) is 0 Å². The van der Waals surface area contributed by atoms with Crippen LogP contribution in [0.15, 0.2) is 0 Å². The van der Waals surface area contributed by atoms with Crippen molar-refractivity contribution in [1.82, 2.24) is 10.2 Å². The van der Waals surface area contributed by atoms with Gasteiger partial charge in [-0.15, -0.1) is 0 Å². The van der Waals surface area contributed by atoms with Crippen LogP contribution in [-0.2, 0) is 14.3 Å². The van der Waals surface area contributed by atoms with Gasteiger partial charge in [0, 0.05) is 32.8 Å². The average molecular weight is 299 g/mol. The van der Waals surface area contributed by atoms with Crippen molar-refractivity contribution in [2.45, 2.75) is 45.6 Å². The summed E-state index contributed by atoms with van der Waals surface area (Å²) in [6.07, 6.45) is 3.07. The topological polar surface area (TPSA) is 84.7 Å². The van der Waals surface area contributed by atoms with Crippen LogP contribution < -0.4 is 11.1 Å². The number of rotatable bonds is 7. The highest BCUT2D eigenvalue weighted by atomic mass is 16.5. The second-order valence-corrected chi connectivity index (χ2v) is 5.75. The van der Waals surface area contributed by atoms with Gasteiger partial charge in [0.2, 0.25) is 11.8 Å². The second-order valence-electron chi connectivity index (χ2n) is 5.75. The van der Waals surface area contributed by atoms with Crippen LogP contribution in [0.25, 0.3) is 0 Å². The van der Waals surface area contributed by atoms with Crippen molar-refractivity contribution in [3.63, 3.8) is 0 Å². The van der Waals surface area contributed by atoms with Crippen molar-refractivity contribution in [3.8, 4) is 0 Å². The highest BCUT2D eigenvalue weighted by Crippen LogP contribution is 2.26. The summed E-state index contributed by atoms with van der Waals surface area (Å²) < 4.78 is 4.86. The number of hydrogen-bond donors (Lipinski definition) is 2. The van der Waals surface area contributed by atoms with E-state index in [4.69, 9.17) is 10.5 Å². The number of amides is 2. The van der Waals surface area contributed by atoms with Crippen molar-refractivity contribution in [2.24, 2.45) is 11.1 Å². The maximum absolute atomic E-state index is 12.5. The first kappa shape index (κ1) is 17.9. The lowest BCUT2D eigenvalue weighted by Crippen LogP contribution is -2.52. The Morgan fingerprint density at radius 2 is 1.86 bits per heavy atom. The summed E-state index contributed by atoms with van der Waals surface area (Å²) in [4.78, 5) is 26.0. The molecule has 1 aliphatic heterocycles. The Labute approximate surface area is 127 Å². The van der Waals surface area contributed by atoms with Crippen LogP contribution >= 0.6 is 0 Å². The lowest BCUT2D eigenvalue weighted by Gasteiger charge is -2.35. The minimum absolute atomic E-state index is 0.0145. The van der Waals surface area contributed by atoms with Crippen LogP contribution in [0.2, 0.25) is 0 Å². The fraction of sp³-hybridized carbons (Fsp3) is 0.867. The minimum Gasteiger partial charge on any atom is -0.375 e. The molecular formula is C15H29N3O3. The molecule has 21 heavy (non-hydrogen) atoms. The molecule has 0 unspecified atom stereocenters. The number of piperidine rings is 1. The first-order valence-electron chi connectivity index (χ1n) is 7.80. The third-order valence-corrected chi connectivity index (χ3v) is 4.68. The quantitative estimate of drug-likeness (QED) is 0.717. The summed E-state index contributed by atoms with van der Waals surface area (Å²) in [5.74, 6) is 0.0670. The average Bonchev–Trinajstić information content (AvgIpc) is 2.50. The zero-order chi connectivity index (χ0) is 15.9. The lowest BCUT2D eigenvalue weighted by atomic mass is 9.81. The molecule has 0 aliphatic carbocycles. The van der Waals surface area contributed by atoms with Crippen LogP contribution in [-0.4, -0.2) is 56.1 Å². The predicted octanol–water partition coefficient (Wildman–Crippen LogP) is 0.505. The van der Waals surface area contributed by atoms with Crippen LogP contribution in [0.5, 0.6) is 0 Å². The third kappa shape index (κ3) is 4.41. The molecule has 3 N–H and O–H groups in total. The molecule has 0 aromatic carbocycles. The van der Waals surface area contributed by atoms with E-state index in [0.29, 0.717) is 19.6 Å². The largest absolute Gasteiger partial charge is 0.375 e. The van der Waals surface area contributed by atoms with E-state index in [2.05, 4.69) is 5.32 Å². The summed E-state index contributed by atoms with van der Waals surface area (Å²) in [5, 5.41) is 3.12. The third-order valence-electron chi connectivity index (χ3n) is 4.68. The van der Waals surface area contributed by atoms with E-state index in [1.54, 1.807) is 4.90 Å². The zero-order valence-corrected chi connectivity index (χ0v) is 13.5. The van der Waals surface area contributed by atoms with Crippen molar-refractivity contribution in [1.29, 1.82) is 0 Å². The van der Waals surface area contributed by atoms with Gasteiger partial charge in [0.05, 0.1) is 5.41 Å². The summed E-state index contributed by atoms with van der Waals surface area (Å²) in [6.45, 7) is 5.84. The molecule has 1 saturated heterocycles. The molecule has 0 radical (unpaired) electrons. The summed E-state index contributed by atoms with van der Waals surface area (Å²) in [7, 11) is 1.52. The van der Waals surface area contributed by atoms with Crippen molar-refractivity contribution in [2.75, 3.05) is 33.4 Å². The van der Waals surface area contributed by atoms with Gasteiger partial charge < -0.3 is 20.7 Å². The summed E-state index contributed by atoms with van der Waals surface area (Å²) in [6, 6.07) is 0.133. The van der Waals surface area contributed by atoms with Gasteiger partial charge in [-0.1, -0.05) is 13.8 Å². The Balaban J connectivity index is 2.48. The molecule has 1 rings (SSSR count). The van der Waals surface area contributed by atoms with E-state index in [-0.39, 0.29) is 24.5 Å². The molecule has 0 bridgehead atoms. The Morgan fingerprint density at radius 3 is 2.29 bits per heavy atom. The van der Waals surface area contributed by atoms with Crippen molar-refractivity contribution >= 4 is 11.8 Å². The fourth-order valence-corrected chi connectivity index (χ4v) is 2.78. The molecule has 1 fully saturated rings. The van der Waals surface area contributed by atoms with Gasteiger partial charge in [-0.25, -0.2) is 0 Å². The number of methoxy groups -OCH3 is 1. The summed E-state index contributed by atoms with van der Waals surface area (Å²) >= 11 is 0. The monoisotopic (exact) mass is 299 g/mol. The molecule has 2 amide bonds. The minimum atomic E-state index is -0.455. The van der Waals surface area contributed by atoms with E-state index in [1.807, 2.05) is 13.8 Å². The first-order valence-corrected chi connectivity index (χ1v) is 7.80.